The van der Waals surface area contributed by atoms with Crippen LogP contribution in [0.2, 0.25) is 0 Å². The van der Waals surface area contributed by atoms with Crippen LogP contribution < -0.4 is 5.32 Å². The van der Waals surface area contributed by atoms with Crippen LogP contribution in [0, 0.1) is 0 Å². The Labute approximate surface area is 124 Å². The van der Waals surface area contributed by atoms with Crippen LogP contribution >= 0.6 is 0 Å². The highest BCUT2D eigenvalue weighted by Gasteiger charge is 2.15. The van der Waals surface area contributed by atoms with E-state index in [0.717, 1.165) is 35.1 Å². The van der Waals surface area contributed by atoms with Gasteiger partial charge in [0.2, 0.25) is 0 Å². The third-order valence-electron chi connectivity index (χ3n) is 3.42. The minimum Gasteiger partial charge on any atom is -0.305 e. The van der Waals surface area contributed by atoms with Gasteiger partial charge in [-0.2, -0.15) is 0 Å². The highest BCUT2D eigenvalue weighted by molar-refractivity contribution is 5.78. The number of nitrogens with zero attached hydrogens (tertiary/aromatic N) is 3. The summed E-state index contributed by atoms with van der Waals surface area (Å²) >= 11 is 0. The molecule has 1 atom stereocenters. The Morgan fingerprint density at radius 3 is 2.81 bits per heavy atom. The topological polar surface area (TPSA) is 50.7 Å². The third-order valence-corrected chi connectivity index (χ3v) is 3.42. The van der Waals surface area contributed by atoms with Crippen molar-refractivity contribution in [3.8, 4) is 0 Å². The van der Waals surface area contributed by atoms with E-state index in [4.69, 9.17) is 0 Å². The van der Waals surface area contributed by atoms with Gasteiger partial charge in [-0.3, -0.25) is 15.0 Å². The number of hydrogen-bond donors (Lipinski definition) is 1. The average Bonchev–Trinajstić information content (AvgIpc) is 2.56. The van der Waals surface area contributed by atoms with Gasteiger partial charge in [0, 0.05) is 24.0 Å². The second-order valence-corrected chi connectivity index (χ2v) is 4.98. The van der Waals surface area contributed by atoms with Gasteiger partial charge >= 0.3 is 0 Å². The molecule has 3 aromatic rings. The fourth-order valence-electron chi connectivity index (χ4n) is 2.39. The lowest BCUT2D eigenvalue weighted by Gasteiger charge is -2.18. The van der Waals surface area contributed by atoms with Crippen molar-refractivity contribution < 1.29 is 0 Å². The van der Waals surface area contributed by atoms with Crippen molar-refractivity contribution >= 4 is 10.9 Å². The lowest BCUT2D eigenvalue weighted by molar-refractivity contribution is 0.583. The van der Waals surface area contributed by atoms with Crippen molar-refractivity contribution in [3.05, 3.63) is 66.4 Å². The monoisotopic (exact) mass is 278 g/mol. The molecule has 0 fully saturated rings. The maximum Gasteiger partial charge on any atom is 0.0802 e. The zero-order chi connectivity index (χ0) is 14.5. The zero-order valence-electron chi connectivity index (χ0n) is 12.0. The summed E-state index contributed by atoms with van der Waals surface area (Å²) in [4.78, 5) is 13.2. The number of benzene rings is 1. The molecular weight excluding hydrogens is 260 g/mol. The summed E-state index contributed by atoms with van der Waals surface area (Å²) < 4.78 is 0. The van der Waals surface area contributed by atoms with Crippen LogP contribution in [0.15, 0.2) is 55.1 Å². The van der Waals surface area contributed by atoms with Gasteiger partial charge in [-0.05, 0) is 30.7 Å². The predicted octanol–water partition coefficient (Wildman–Crippen LogP) is 3.11. The number of rotatable bonds is 5. The van der Waals surface area contributed by atoms with Crippen molar-refractivity contribution in [1.82, 2.24) is 20.3 Å². The van der Waals surface area contributed by atoms with Crippen molar-refractivity contribution in [3.63, 3.8) is 0 Å². The molecule has 4 nitrogen and oxygen atoms in total. The van der Waals surface area contributed by atoms with Gasteiger partial charge in [0.05, 0.1) is 23.4 Å². The second kappa shape index (κ2) is 6.41. The van der Waals surface area contributed by atoms with Gasteiger partial charge in [0.15, 0.2) is 0 Å². The Kier molecular flexibility index (Phi) is 4.17. The van der Waals surface area contributed by atoms with E-state index >= 15 is 0 Å². The highest BCUT2D eigenvalue weighted by atomic mass is 14.9. The van der Waals surface area contributed by atoms with E-state index in [0.29, 0.717) is 0 Å². The Bertz CT molecular complexity index is 712. The Morgan fingerprint density at radius 1 is 1.10 bits per heavy atom. The molecule has 0 aliphatic carbocycles. The van der Waals surface area contributed by atoms with Crippen LogP contribution in [0.4, 0.5) is 0 Å². The van der Waals surface area contributed by atoms with Crippen LogP contribution in [-0.4, -0.2) is 21.5 Å². The lowest BCUT2D eigenvalue weighted by Crippen LogP contribution is -2.24. The molecule has 1 aromatic carbocycles. The molecule has 3 rings (SSSR count). The van der Waals surface area contributed by atoms with Crippen LogP contribution in [0.5, 0.6) is 0 Å². The summed E-state index contributed by atoms with van der Waals surface area (Å²) in [5, 5.41) is 4.67. The summed E-state index contributed by atoms with van der Waals surface area (Å²) in [6, 6.07) is 10.3. The first kappa shape index (κ1) is 13.6. The van der Waals surface area contributed by atoms with Gasteiger partial charge in [0.1, 0.15) is 0 Å². The molecule has 0 aliphatic heterocycles. The number of nitrogens with one attached hydrogen (secondary N) is 1. The fraction of sp³-hybridized carbons (Fsp3) is 0.235. The number of pyridine rings is 1. The molecule has 1 N–H and O–H groups in total. The number of fused-ring (bicyclic) bond motifs is 1. The molecule has 21 heavy (non-hydrogen) atoms. The van der Waals surface area contributed by atoms with E-state index in [9.17, 15) is 0 Å². The van der Waals surface area contributed by atoms with Gasteiger partial charge < -0.3 is 5.32 Å². The van der Waals surface area contributed by atoms with E-state index in [2.05, 4.69) is 39.3 Å². The van der Waals surface area contributed by atoms with E-state index in [1.807, 2.05) is 30.6 Å². The van der Waals surface area contributed by atoms with E-state index in [1.165, 1.54) is 0 Å². The molecule has 2 aromatic heterocycles. The number of para-hydroxylation sites is 1. The van der Waals surface area contributed by atoms with Crippen molar-refractivity contribution in [1.29, 1.82) is 0 Å². The first-order valence-electron chi connectivity index (χ1n) is 7.22. The molecule has 0 spiro atoms. The maximum atomic E-state index is 4.55. The normalized spacial score (nSPS) is 12.4. The molecule has 0 radical (unpaired) electrons. The Hall–Kier alpha value is -2.33. The van der Waals surface area contributed by atoms with Crippen LogP contribution in [0.25, 0.3) is 10.9 Å². The second-order valence-electron chi connectivity index (χ2n) is 4.98. The summed E-state index contributed by atoms with van der Waals surface area (Å²) in [6.45, 7) is 3.08. The van der Waals surface area contributed by atoms with Gasteiger partial charge in [-0.1, -0.05) is 25.1 Å². The molecule has 2 heterocycles. The SMILES string of the molecule is CCCNC(c1cnc2ccccc2c1)c1cnccn1. The smallest absolute Gasteiger partial charge is 0.0802 e. The van der Waals surface area contributed by atoms with Crippen molar-refractivity contribution in [2.75, 3.05) is 6.54 Å². The molecule has 0 saturated carbocycles. The number of hydrogen-bond acceptors (Lipinski definition) is 4. The predicted molar refractivity (Wildman–Crippen MR) is 83.9 cm³/mol. The standard InChI is InChI=1S/C17H18N4/c1-2-7-20-17(16-12-18-8-9-19-16)14-10-13-5-3-4-6-15(13)21-11-14/h3-6,8-12,17,20H,2,7H2,1H3. The molecule has 106 valence electrons. The van der Waals surface area contributed by atoms with Gasteiger partial charge in [-0.15, -0.1) is 0 Å². The zero-order valence-corrected chi connectivity index (χ0v) is 12.0. The van der Waals surface area contributed by atoms with Gasteiger partial charge in [-0.25, -0.2) is 0 Å². The number of aromatic nitrogens is 3. The average molecular weight is 278 g/mol. The minimum absolute atomic E-state index is 0.0238. The van der Waals surface area contributed by atoms with E-state index < -0.39 is 0 Å². The maximum absolute atomic E-state index is 4.55. The summed E-state index contributed by atoms with van der Waals surface area (Å²) in [5.41, 5.74) is 3.04. The molecule has 0 aliphatic rings. The van der Waals surface area contributed by atoms with E-state index in [-0.39, 0.29) is 6.04 Å². The fourth-order valence-corrected chi connectivity index (χ4v) is 2.39. The molecule has 0 bridgehead atoms. The summed E-state index contributed by atoms with van der Waals surface area (Å²) in [6.07, 6.45) is 8.22. The highest BCUT2D eigenvalue weighted by Crippen LogP contribution is 2.22. The first-order chi connectivity index (χ1) is 10.4. The Morgan fingerprint density at radius 2 is 2.00 bits per heavy atom. The van der Waals surface area contributed by atoms with Crippen molar-refractivity contribution in [2.24, 2.45) is 0 Å². The largest absolute Gasteiger partial charge is 0.305 e. The van der Waals surface area contributed by atoms with E-state index in [1.54, 1.807) is 12.4 Å². The van der Waals surface area contributed by atoms with Crippen LogP contribution in [0.3, 0.4) is 0 Å². The molecule has 4 heteroatoms. The first-order valence-corrected chi connectivity index (χ1v) is 7.22. The van der Waals surface area contributed by atoms with Crippen molar-refractivity contribution in [2.45, 2.75) is 19.4 Å². The summed E-state index contributed by atoms with van der Waals surface area (Å²) in [7, 11) is 0. The minimum atomic E-state index is 0.0238. The molecule has 0 saturated heterocycles. The Balaban J connectivity index is 2.01. The van der Waals surface area contributed by atoms with Crippen LogP contribution in [0.1, 0.15) is 30.6 Å². The van der Waals surface area contributed by atoms with Crippen LogP contribution in [-0.2, 0) is 0 Å². The molecule has 0 amide bonds. The van der Waals surface area contributed by atoms with Gasteiger partial charge in [0.25, 0.3) is 0 Å². The third kappa shape index (κ3) is 3.06. The lowest BCUT2D eigenvalue weighted by atomic mass is 10.0. The summed E-state index contributed by atoms with van der Waals surface area (Å²) in [5.74, 6) is 0. The quantitative estimate of drug-likeness (QED) is 0.779. The molecular formula is C17H18N4. The molecule has 1 unspecified atom stereocenters.